The highest BCUT2D eigenvalue weighted by molar-refractivity contribution is 8.04. The van der Waals surface area contributed by atoms with Gasteiger partial charge in [-0.05, 0) is 43.2 Å². The molecule has 30 heavy (non-hydrogen) atoms. The van der Waals surface area contributed by atoms with Crippen LogP contribution in [0.2, 0.25) is 0 Å². The van der Waals surface area contributed by atoms with Crippen LogP contribution in [0.5, 0.6) is 5.75 Å². The van der Waals surface area contributed by atoms with E-state index in [4.69, 9.17) is 0 Å². The first-order chi connectivity index (χ1) is 14.1. The molecule has 8 heteroatoms. The zero-order valence-electron chi connectivity index (χ0n) is 16.7. The number of hydrogen-bond donors (Lipinski definition) is 1. The number of phenolic OH excluding ortho intramolecular Hbond substituents is 1. The molecule has 1 aliphatic rings. The van der Waals surface area contributed by atoms with Gasteiger partial charge in [0.2, 0.25) is 0 Å². The Morgan fingerprint density at radius 3 is 1.77 bits per heavy atom. The summed E-state index contributed by atoms with van der Waals surface area (Å²) in [4.78, 5) is 6.76. The lowest BCUT2D eigenvalue weighted by atomic mass is 10.0. The maximum Gasteiger partial charge on any atom is 0.673 e. The normalized spacial score (nSPS) is 13.3. The fraction of sp³-hybridized carbons (Fsp3) is 0.182. The van der Waals surface area contributed by atoms with Crippen molar-refractivity contribution < 1.29 is 22.4 Å². The van der Waals surface area contributed by atoms with Gasteiger partial charge >= 0.3 is 7.25 Å². The van der Waals surface area contributed by atoms with Crippen LogP contribution in [0.3, 0.4) is 0 Å². The van der Waals surface area contributed by atoms with Crippen molar-refractivity contribution in [2.45, 2.75) is 51.2 Å². The number of hydrogen-bond acceptors (Lipinski definition) is 2. The van der Waals surface area contributed by atoms with Crippen LogP contribution in [-0.2, 0) is 10.9 Å². The molecule has 3 aromatic carbocycles. The highest BCUT2D eigenvalue weighted by Gasteiger charge is 2.39. The summed E-state index contributed by atoms with van der Waals surface area (Å²) >= 11 is 1.86. The third-order valence-electron chi connectivity index (χ3n) is 4.52. The second kappa shape index (κ2) is 8.98. The summed E-state index contributed by atoms with van der Waals surface area (Å²) < 4.78 is 39.0. The van der Waals surface area contributed by atoms with Gasteiger partial charge in [-0.1, -0.05) is 49.9 Å². The largest absolute Gasteiger partial charge is 0.673 e. The number of phenols is 1. The molecule has 0 fully saturated rings. The van der Waals surface area contributed by atoms with Crippen molar-refractivity contribution >= 4 is 29.9 Å². The third kappa shape index (κ3) is 5.16. The Balaban J connectivity index is 0.000000461. The van der Waals surface area contributed by atoms with Gasteiger partial charge in [-0.2, -0.15) is 0 Å². The van der Waals surface area contributed by atoms with Gasteiger partial charge in [-0.25, -0.2) is 0 Å². The Morgan fingerprint density at radius 1 is 0.833 bits per heavy atom. The molecule has 158 valence electrons. The Bertz CT molecular complexity index is 1000. The molecule has 0 saturated carbocycles. The minimum absolute atomic E-state index is 0.137. The molecule has 0 aliphatic carbocycles. The second-order valence-electron chi connectivity index (χ2n) is 7.13. The molecule has 0 saturated heterocycles. The summed E-state index contributed by atoms with van der Waals surface area (Å²) in [5, 5.41) is 10.4. The van der Waals surface area contributed by atoms with Gasteiger partial charge in [0, 0.05) is 17.2 Å². The predicted octanol–water partition coefficient (Wildman–Crippen LogP) is 7.68. The van der Waals surface area contributed by atoms with Crippen molar-refractivity contribution in [3.05, 3.63) is 71.8 Å². The van der Waals surface area contributed by atoms with Crippen LogP contribution >= 0.6 is 11.8 Å². The van der Waals surface area contributed by atoms with E-state index in [0.717, 1.165) is 11.1 Å². The number of aromatic hydroxyl groups is 1. The molecule has 0 bridgehead atoms. The van der Waals surface area contributed by atoms with Crippen LogP contribution in [0.1, 0.15) is 30.9 Å². The van der Waals surface area contributed by atoms with Crippen LogP contribution < -0.4 is 0 Å². The minimum atomic E-state index is -6.00. The van der Waals surface area contributed by atoms with Crippen LogP contribution in [0, 0.1) is 6.92 Å². The van der Waals surface area contributed by atoms with Crippen LogP contribution in [-0.4, -0.2) is 12.4 Å². The number of fused-ring (bicyclic) bond motifs is 2. The van der Waals surface area contributed by atoms with Crippen LogP contribution in [0.15, 0.2) is 85.1 Å². The minimum Gasteiger partial charge on any atom is -0.508 e. The Kier molecular flexibility index (Phi) is 6.77. The Hall–Kier alpha value is -2.06. The average molecular weight is 452 g/mol. The van der Waals surface area contributed by atoms with Crippen molar-refractivity contribution in [1.82, 2.24) is 0 Å². The van der Waals surface area contributed by atoms with Gasteiger partial charge < -0.3 is 22.4 Å². The first kappa shape index (κ1) is 22.6. The maximum atomic E-state index is 10.4. The van der Waals surface area contributed by atoms with Gasteiger partial charge in [0.25, 0.3) is 0 Å². The Morgan fingerprint density at radius 2 is 1.30 bits per heavy atom. The van der Waals surface area contributed by atoms with E-state index in [9.17, 15) is 22.4 Å². The van der Waals surface area contributed by atoms with E-state index in [0.29, 0.717) is 11.7 Å². The molecule has 1 aliphatic heterocycles. The molecule has 3 aromatic rings. The zero-order chi connectivity index (χ0) is 22.1. The van der Waals surface area contributed by atoms with Crippen molar-refractivity contribution in [3.63, 3.8) is 0 Å². The van der Waals surface area contributed by atoms with Crippen LogP contribution in [0.4, 0.5) is 17.3 Å². The fourth-order valence-corrected chi connectivity index (χ4v) is 7.17. The Labute approximate surface area is 181 Å². The summed E-state index contributed by atoms with van der Waals surface area (Å²) in [5.74, 6) is 0.709. The standard InChI is InChI=1S/C22H20OS2.BF4/c1-14(2)16-13-22(15(3)12-17(16)23)25-20-10-6-4-8-18(20)24-19-9-5-7-11-21(19)25;2-1(3,4)5/h4-14H,1-3H3;/q;-1/p+1. The van der Waals surface area contributed by atoms with Gasteiger partial charge in [-0.3, -0.25) is 0 Å². The highest BCUT2D eigenvalue weighted by Crippen LogP contribution is 2.49. The molecule has 0 spiro atoms. The lowest BCUT2D eigenvalue weighted by Gasteiger charge is -2.21. The molecule has 4 rings (SSSR count). The smallest absolute Gasteiger partial charge is 0.508 e. The zero-order valence-corrected chi connectivity index (χ0v) is 18.3. The number of halogens is 4. The molecule has 0 atom stereocenters. The summed E-state index contributed by atoms with van der Waals surface area (Å²) in [5.41, 5.74) is 2.18. The summed E-state index contributed by atoms with van der Waals surface area (Å²) in [7, 11) is -6.14. The highest BCUT2D eigenvalue weighted by atomic mass is 32.2. The molecule has 0 radical (unpaired) electrons. The first-order valence-corrected chi connectivity index (χ1v) is 11.4. The molecule has 1 N–H and O–H groups in total. The molecule has 1 heterocycles. The summed E-state index contributed by atoms with van der Waals surface area (Å²) in [6.45, 7) is 6.38. The summed E-state index contributed by atoms with van der Waals surface area (Å²) in [6, 6.07) is 21.6. The SMILES string of the molecule is Cc1cc(O)c(C(C)C)cc1[S+]1c2ccccc2Sc2ccccc21.F[B-](F)(F)F. The fourth-order valence-electron chi connectivity index (χ4n) is 3.25. The molecular weight excluding hydrogens is 431 g/mol. The van der Waals surface area contributed by atoms with E-state index in [-0.39, 0.29) is 10.9 Å². The number of benzene rings is 3. The van der Waals surface area contributed by atoms with Crippen molar-refractivity contribution in [2.75, 3.05) is 0 Å². The van der Waals surface area contributed by atoms with E-state index in [1.807, 2.05) is 17.8 Å². The van der Waals surface area contributed by atoms with E-state index in [1.54, 1.807) is 0 Å². The maximum absolute atomic E-state index is 10.4. The molecule has 0 unspecified atom stereocenters. The van der Waals surface area contributed by atoms with Gasteiger partial charge in [0.15, 0.2) is 14.7 Å². The second-order valence-corrected chi connectivity index (χ2v) is 10.1. The average Bonchev–Trinajstić information content (AvgIpc) is 2.65. The topological polar surface area (TPSA) is 20.2 Å². The third-order valence-corrected chi connectivity index (χ3v) is 8.41. The monoisotopic (exact) mass is 452 g/mol. The van der Waals surface area contributed by atoms with Crippen LogP contribution in [0.25, 0.3) is 0 Å². The van der Waals surface area contributed by atoms with Gasteiger partial charge in [0.05, 0.1) is 9.79 Å². The predicted molar refractivity (Wildman–Crippen MR) is 116 cm³/mol. The first-order valence-electron chi connectivity index (χ1n) is 9.37. The summed E-state index contributed by atoms with van der Waals surface area (Å²) in [6.07, 6.45) is 0. The van der Waals surface area contributed by atoms with Gasteiger partial charge in [0.1, 0.15) is 16.6 Å². The van der Waals surface area contributed by atoms with E-state index >= 15 is 0 Å². The molecular formula is C22H21BF4OS2. The molecule has 0 aromatic heterocycles. The lowest BCUT2D eigenvalue weighted by Crippen LogP contribution is -2.12. The number of aryl methyl sites for hydroxylation is 1. The number of rotatable bonds is 2. The quantitative estimate of drug-likeness (QED) is 0.191. The molecule has 1 nitrogen and oxygen atoms in total. The lowest BCUT2D eigenvalue weighted by molar-refractivity contribution is 0.368. The van der Waals surface area contributed by atoms with E-state index < -0.39 is 7.25 Å². The van der Waals surface area contributed by atoms with Gasteiger partial charge in [-0.15, -0.1) is 0 Å². The van der Waals surface area contributed by atoms with Crippen molar-refractivity contribution in [1.29, 1.82) is 0 Å². The molecule has 0 amide bonds. The van der Waals surface area contributed by atoms with Crippen molar-refractivity contribution in [3.8, 4) is 5.75 Å². The van der Waals surface area contributed by atoms with E-state index in [2.05, 4.69) is 75.4 Å². The van der Waals surface area contributed by atoms with E-state index in [1.165, 1.54) is 24.5 Å². The van der Waals surface area contributed by atoms with Crippen molar-refractivity contribution in [2.24, 2.45) is 0 Å².